The first-order valence-electron chi connectivity index (χ1n) is 11.0. The van der Waals surface area contributed by atoms with Crippen LogP contribution in [0.4, 0.5) is 4.79 Å². The smallest absolute Gasteiger partial charge is 0.407 e. The van der Waals surface area contributed by atoms with Crippen molar-refractivity contribution in [1.29, 1.82) is 0 Å². The summed E-state index contributed by atoms with van der Waals surface area (Å²) in [5, 5.41) is 12.6. The Morgan fingerprint density at radius 3 is 2.55 bits per heavy atom. The van der Waals surface area contributed by atoms with Crippen LogP contribution in [0.15, 0.2) is 30.3 Å². The highest BCUT2D eigenvalue weighted by atomic mass is 16.5. The third-order valence-electron chi connectivity index (χ3n) is 6.56. The van der Waals surface area contributed by atoms with E-state index in [1.54, 1.807) is 0 Å². The Morgan fingerprint density at radius 1 is 1.23 bits per heavy atom. The van der Waals surface area contributed by atoms with Crippen molar-refractivity contribution in [2.75, 3.05) is 26.7 Å². The van der Waals surface area contributed by atoms with Crippen LogP contribution >= 0.6 is 0 Å². The molecule has 8 heteroatoms. The number of carboxylic acid groups (broad SMARTS) is 1. The van der Waals surface area contributed by atoms with Crippen LogP contribution in [0.25, 0.3) is 0 Å². The number of nitrogens with zero attached hydrogens (tertiary/aromatic N) is 1. The minimum Gasteiger partial charge on any atom is -0.469 e. The van der Waals surface area contributed by atoms with Crippen molar-refractivity contribution in [2.24, 2.45) is 11.3 Å². The van der Waals surface area contributed by atoms with Gasteiger partial charge in [-0.05, 0) is 43.7 Å². The molecule has 1 aromatic carbocycles. The lowest BCUT2D eigenvalue weighted by Crippen LogP contribution is -2.46. The summed E-state index contributed by atoms with van der Waals surface area (Å²) in [4.78, 5) is 37.9. The number of rotatable bonds is 9. The Morgan fingerprint density at radius 2 is 1.94 bits per heavy atom. The van der Waals surface area contributed by atoms with Crippen LogP contribution in [0.3, 0.4) is 0 Å². The van der Waals surface area contributed by atoms with E-state index in [0.29, 0.717) is 25.9 Å². The fourth-order valence-corrected chi connectivity index (χ4v) is 4.74. The molecule has 1 saturated carbocycles. The molecule has 1 aliphatic carbocycles. The third kappa shape index (κ3) is 5.76. The summed E-state index contributed by atoms with van der Waals surface area (Å²) in [6, 6.07) is 9.13. The number of ether oxygens (including phenoxy) is 2. The number of hydrogen-bond donors (Lipinski definition) is 2. The molecule has 2 fully saturated rings. The lowest BCUT2D eigenvalue weighted by Gasteiger charge is -2.28. The van der Waals surface area contributed by atoms with Crippen LogP contribution < -0.4 is 5.32 Å². The second kappa shape index (κ2) is 10.6. The number of nitrogens with one attached hydrogen (secondary N) is 1. The molecule has 1 aromatic rings. The van der Waals surface area contributed by atoms with Crippen molar-refractivity contribution in [3.63, 3.8) is 0 Å². The molecule has 8 nitrogen and oxygen atoms in total. The summed E-state index contributed by atoms with van der Waals surface area (Å²) in [5.41, 5.74) is 0.0549. The summed E-state index contributed by atoms with van der Waals surface area (Å²) in [7, 11) is 1.32. The number of carbonyl (C=O) groups is 3. The molecule has 2 unspecified atom stereocenters. The average Bonchev–Trinajstić information content (AvgIpc) is 3.46. The molecule has 2 atom stereocenters. The molecule has 0 aromatic heterocycles. The molecule has 31 heavy (non-hydrogen) atoms. The fourth-order valence-electron chi connectivity index (χ4n) is 4.74. The van der Waals surface area contributed by atoms with Crippen LogP contribution in [0.2, 0.25) is 0 Å². The topological polar surface area (TPSA) is 105 Å². The van der Waals surface area contributed by atoms with Crippen molar-refractivity contribution in [3.8, 4) is 0 Å². The van der Waals surface area contributed by atoms with Gasteiger partial charge in [0.2, 0.25) is 0 Å². The zero-order valence-corrected chi connectivity index (χ0v) is 18.0. The zero-order valence-electron chi connectivity index (χ0n) is 18.0. The normalized spacial score (nSPS) is 22.3. The number of esters is 2. The standard InChI is InChI=1S/C23H32N2O6/c1-30-21(27)23(12-14-25(16-23)22(28)29)11-13-24-19(18-9-5-6-10-18)20(26)31-15-17-7-3-2-4-8-17/h2-4,7-8,18-19,24H,5-6,9-16H2,1H3,(H,28,29). The van der Waals surface area contributed by atoms with Crippen LogP contribution in [-0.4, -0.2) is 60.8 Å². The maximum absolute atomic E-state index is 12.9. The minimum absolute atomic E-state index is 0.114. The molecule has 2 aliphatic rings. The molecule has 0 spiro atoms. The molecule has 3 rings (SSSR count). The molecule has 170 valence electrons. The number of benzene rings is 1. The van der Waals surface area contributed by atoms with Gasteiger partial charge < -0.3 is 24.8 Å². The SMILES string of the molecule is COC(=O)C1(CCNC(C(=O)OCc2ccccc2)C2CCCC2)CCN(C(=O)O)C1. The molecule has 1 aliphatic heterocycles. The van der Waals surface area contributed by atoms with Crippen LogP contribution in [-0.2, 0) is 25.7 Å². The van der Waals surface area contributed by atoms with Gasteiger partial charge in [0.1, 0.15) is 12.6 Å². The van der Waals surface area contributed by atoms with E-state index in [0.717, 1.165) is 31.2 Å². The minimum atomic E-state index is -1.04. The predicted octanol–water partition coefficient (Wildman–Crippen LogP) is 2.81. The molecule has 2 N–H and O–H groups in total. The molecule has 1 heterocycles. The molecule has 1 saturated heterocycles. The van der Waals surface area contributed by atoms with Gasteiger partial charge >= 0.3 is 18.0 Å². The summed E-state index contributed by atoms with van der Waals surface area (Å²) in [6.45, 7) is 1.05. The van der Waals surface area contributed by atoms with Gasteiger partial charge in [0.05, 0.1) is 12.5 Å². The molecule has 1 amide bonds. The van der Waals surface area contributed by atoms with E-state index >= 15 is 0 Å². The number of carbonyl (C=O) groups excluding carboxylic acids is 2. The van der Waals surface area contributed by atoms with Crippen molar-refractivity contribution in [3.05, 3.63) is 35.9 Å². The highest BCUT2D eigenvalue weighted by molar-refractivity contribution is 5.79. The summed E-state index contributed by atoms with van der Waals surface area (Å²) in [6.07, 6.45) is 3.90. The van der Waals surface area contributed by atoms with Gasteiger partial charge in [0.15, 0.2) is 0 Å². The first-order chi connectivity index (χ1) is 14.9. The van der Waals surface area contributed by atoms with E-state index in [9.17, 15) is 19.5 Å². The Labute approximate surface area is 182 Å². The molecular weight excluding hydrogens is 400 g/mol. The van der Waals surface area contributed by atoms with E-state index in [4.69, 9.17) is 9.47 Å². The van der Waals surface area contributed by atoms with E-state index in [2.05, 4.69) is 5.32 Å². The van der Waals surface area contributed by atoms with Gasteiger partial charge in [-0.1, -0.05) is 43.2 Å². The van der Waals surface area contributed by atoms with Crippen molar-refractivity contribution >= 4 is 18.0 Å². The second-order valence-electron chi connectivity index (χ2n) is 8.55. The lowest BCUT2D eigenvalue weighted by molar-refractivity contribution is -0.152. The maximum Gasteiger partial charge on any atom is 0.407 e. The van der Waals surface area contributed by atoms with E-state index in [1.807, 2.05) is 30.3 Å². The molecule has 0 bridgehead atoms. The Kier molecular flexibility index (Phi) is 7.90. The van der Waals surface area contributed by atoms with Gasteiger partial charge in [-0.25, -0.2) is 4.79 Å². The molecule has 0 radical (unpaired) electrons. The van der Waals surface area contributed by atoms with Crippen LogP contribution in [0, 0.1) is 11.3 Å². The molecular formula is C23H32N2O6. The number of amides is 1. The predicted molar refractivity (Wildman–Crippen MR) is 113 cm³/mol. The quantitative estimate of drug-likeness (QED) is 0.578. The van der Waals surface area contributed by atoms with Gasteiger partial charge in [0, 0.05) is 13.1 Å². The number of likely N-dealkylation sites (tertiary alicyclic amines) is 1. The number of hydrogen-bond acceptors (Lipinski definition) is 6. The largest absolute Gasteiger partial charge is 0.469 e. The summed E-state index contributed by atoms with van der Waals surface area (Å²) < 4.78 is 10.6. The maximum atomic E-state index is 12.9. The van der Waals surface area contributed by atoms with E-state index in [-0.39, 0.29) is 25.0 Å². The van der Waals surface area contributed by atoms with Gasteiger partial charge in [-0.15, -0.1) is 0 Å². The Hall–Kier alpha value is -2.61. The first-order valence-corrected chi connectivity index (χ1v) is 11.0. The van der Waals surface area contributed by atoms with Crippen LogP contribution in [0.1, 0.15) is 44.1 Å². The third-order valence-corrected chi connectivity index (χ3v) is 6.56. The first kappa shape index (κ1) is 23.1. The average molecular weight is 433 g/mol. The van der Waals surface area contributed by atoms with Gasteiger partial charge in [-0.3, -0.25) is 9.59 Å². The monoisotopic (exact) mass is 432 g/mol. The highest BCUT2D eigenvalue weighted by Crippen LogP contribution is 2.35. The Balaban J connectivity index is 1.60. The Bertz CT molecular complexity index is 765. The van der Waals surface area contributed by atoms with Crippen molar-refractivity contribution < 1.29 is 29.0 Å². The summed E-state index contributed by atoms with van der Waals surface area (Å²) in [5.74, 6) is -0.472. The number of methoxy groups -OCH3 is 1. The lowest BCUT2D eigenvalue weighted by atomic mass is 9.83. The highest BCUT2D eigenvalue weighted by Gasteiger charge is 2.47. The summed E-state index contributed by atoms with van der Waals surface area (Å²) >= 11 is 0. The zero-order chi connectivity index (χ0) is 22.3. The van der Waals surface area contributed by atoms with E-state index < -0.39 is 23.5 Å². The second-order valence-corrected chi connectivity index (χ2v) is 8.55. The van der Waals surface area contributed by atoms with Crippen LogP contribution in [0.5, 0.6) is 0 Å². The van der Waals surface area contributed by atoms with Crippen molar-refractivity contribution in [2.45, 2.75) is 51.2 Å². The van der Waals surface area contributed by atoms with Crippen molar-refractivity contribution in [1.82, 2.24) is 10.2 Å². The fraction of sp³-hybridized carbons (Fsp3) is 0.609. The van der Waals surface area contributed by atoms with Gasteiger partial charge in [0.25, 0.3) is 0 Å². The van der Waals surface area contributed by atoms with E-state index in [1.165, 1.54) is 12.0 Å². The van der Waals surface area contributed by atoms with Gasteiger partial charge in [-0.2, -0.15) is 0 Å².